The number of para-hydroxylation sites is 2. The van der Waals surface area contributed by atoms with Crippen LogP contribution in [0.15, 0.2) is 53.0 Å². The molecule has 2 rings (SSSR count). The first-order valence-electron chi connectivity index (χ1n) is 8.69. The van der Waals surface area contributed by atoms with Gasteiger partial charge in [-0.05, 0) is 50.3 Å². The molecule has 0 aliphatic carbocycles. The van der Waals surface area contributed by atoms with Gasteiger partial charge in [-0.25, -0.2) is 4.79 Å². The molecule has 148 valence electrons. The Morgan fingerprint density at radius 3 is 2.64 bits per heavy atom. The number of nitrogens with one attached hydrogen (secondary N) is 1. The van der Waals surface area contributed by atoms with Gasteiger partial charge in [0.2, 0.25) is 0 Å². The van der Waals surface area contributed by atoms with E-state index in [1.807, 2.05) is 25.1 Å². The molecule has 1 atom stereocenters. The Balaban J connectivity index is 1.98. The number of benzene rings is 2. The van der Waals surface area contributed by atoms with Gasteiger partial charge >= 0.3 is 5.97 Å². The highest BCUT2D eigenvalue weighted by atomic mass is 79.9. The van der Waals surface area contributed by atoms with Crippen molar-refractivity contribution in [1.82, 2.24) is 0 Å². The molecule has 0 saturated carbocycles. The predicted molar refractivity (Wildman–Crippen MR) is 112 cm³/mol. The first kappa shape index (κ1) is 21.5. The summed E-state index contributed by atoms with van der Waals surface area (Å²) in [5.41, 5.74) is 1.23. The van der Waals surface area contributed by atoms with Crippen LogP contribution < -0.4 is 14.8 Å². The Morgan fingerprint density at radius 2 is 1.93 bits per heavy atom. The highest BCUT2D eigenvalue weighted by molar-refractivity contribution is 9.10. The quantitative estimate of drug-likeness (QED) is 0.478. The zero-order valence-corrected chi connectivity index (χ0v) is 17.5. The summed E-state index contributed by atoms with van der Waals surface area (Å²) in [4.78, 5) is 24.4. The number of halogens is 1. The standard InChI is InChI=1S/C21H22BrNO5/c1-4-27-19-8-6-5-7-17(19)23-21(25)14(2)28-20(24)12-9-15-13-16(22)10-11-18(15)26-3/h5-14H,4H2,1-3H3,(H,23,25)/b12-9+. The van der Waals surface area contributed by atoms with Crippen LogP contribution in [0.3, 0.4) is 0 Å². The molecule has 0 heterocycles. The maximum atomic E-state index is 12.3. The third-order valence-corrected chi connectivity index (χ3v) is 4.19. The topological polar surface area (TPSA) is 73.9 Å². The van der Waals surface area contributed by atoms with Crippen molar-refractivity contribution in [2.45, 2.75) is 20.0 Å². The minimum atomic E-state index is -0.976. The zero-order valence-electron chi connectivity index (χ0n) is 15.9. The fourth-order valence-corrected chi connectivity index (χ4v) is 2.72. The van der Waals surface area contributed by atoms with Gasteiger partial charge in [0.05, 0.1) is 19.4 Å². The van der Waals surface area contributed by atoms with Crippen LogP contribution in [-0.4, -0.2) is 31.7 Å². The molecule has 6 nitrogen and oxygen atoms in total. The number of carbonyl (C=O) groups excluding carboxylic acids is 2. The fraction of sp³-hybridized carbons (Fsp3) is 0.238. The summed E-state index contributed by atoms with van der Waals surface area (Å²) in [6, 6.07) is 12.5. The first-order chi connectivity index (χ1) is 13.4. The maximum Gasteiger partial charge on any atom is 0.331 e. The number of rotatable bonds is 8. The molecule has 1 N–H and O–H groups in total. The van der Waals surface area contributed by atoms with Crippen molar-refractivity contribution in [3.8, 4) is 11.5 Å². The summed E-state index contributed by atoms with van der Waals surface area (Å²) in [7, 11) is 1.55. The summed E-state index contributed by atoms with van der Waals surface area (Å²) >= 11 is 3.37. The molecule has 2 aromatic rings. The van der Waals surface area contributed by atoms with Gasteiger partial charge in [0.15, 0.2) is 6.10 Å². The van der Waals surface area contributed by atoms with Crippen molar-refractivity contribution in [3.05, 3.63) is 58.6 Å². The molecule has 0 aliphatic heterocycles. The summed E-state index contributed by atoms with van der Waals surface area (Å²) < 4.78 is 16.7. The van der Waals surface area contributed by atoms with Crippen LogP contribution in [0.2, 0.25) is 0 Å². The van der Waals surface area contributed by atoms with Crippen molar-refractivity contribution in [2.24, 2.45) is 0 Å². The van der Waals surface area contributed by atoms with Crippen LogP contribution in [0.4, 0.5) is 5.69 Å². The van der Waals surface area contributed by atoms with E-state index < -0.39 is 18.0 Å². The third kappa shape index (κ3) is 6.13. The first-order valence-corrected chi connectivity index (χ1v) is 9.48. The Kier molecular flexibility index (Phi) is 8.07. The second-order valence-electron chi connectivity index (χ2n) is 5.72. The van der Waals surface area contributed by atoms with Gasteiger partial charge in [-0.2, -0.15) is 0 Å². The van der Waals surface area contributed by atoms with E-state index in [1.165, 1.54) is 13.0 Å². The van der Waals surface area contributed by atoms with Gasteiger partial charge in [0, 0.05) is 16.1 Å². The maximum absolute atomic E-state index is 12.3. The molecule has 0 spiro atoms. The normalized spacial score (nSPS) is 11.7. The number of carbonyl (C=O) groups is 2. The molecule has 0 aromatic heterocycles. The lowest BCUT2D eigenvalue weighted by atomic mass is 10.2. The van der Waals surface area contributed by atoms with Crippen LogP contribution in [0.5, 0.6) is 11.5 Å². The lowest BCUT2D eigenvalue weighted by Crippen LogP contribution is -2.29. The molecule has 1 amide bonds. The summed E-state index contributed by atoms with van der Waals surface area (Å²) in [5.74, 6) is 0.0841. The van der Waals surface area contributed by atoms with E-state index in [-0.39, 0.29) is 0 Å². The molecular formula is C21H22BrNO5. The number of anilines is 1. The van der Waals surface area contributed by atoms with Crippen molar-refractivity contribution in [2.75, 3.05) is 19.0 Å². The largest absolute Gasteiger partial charge is 0.496 e. The number of hydrogen-bond donors (Lipinski definition) is 1. The van der Waals surface area contributed by atoms with E-state index in [4.69, 9.17) is 14.2 Å². The van der Waals surface area contributed by atoms with Crippen molar-refractivity contribution in [3.63, 3.8) is 0 Å². The van der Waals surface area contributed by atoms with Crippen LogP contribution in [0.25, 0.3) is 6.08 Å². The molecule has 28 heavy (non-hydrogen) atoms. The fourth-order valence-electron chi connectivity index (χ4n) is 2.35. The van der Waals surface area contributed by atoms with Crippen molar-refractivity contribution >= 4 is 39.6 Å². The van der Waals surface area contributed by atoms with Gasteiger partial charge in [0.25, 0.3) is 5.91 Å². The second-order valence-corrected chi connectivity index (χ2v) is 6.63. The van der Waals surface area contributed by atoms with Gasteiger partial charge in [-0.15, -0.1) is 0 Å². The monoisotopic (exact) mass is 447 g/mol. The Morgan fingerprint density at radius 1 is 1.18 bits per heavy atom. The number of methoxy groups -OCH3 is 1. The molecule has 0 bridgehead atoms. The molecule has 0 aliphatic rings. The van der Waals surface area contributed by atoms with Crippen LogP contribution in [-0.2, 0) is 14.3 Å². The lowest BCUT2D eigenvalue weighted by Gasteiger charge is -2.15. The average molecular weight is 448 g/mol. The van der Waals surface area contributed by atoms with E-state index in [0.717, 1.165) is 4.47 Å². The molecule has 2 aromatic carbocycles. The van der Waals surface area contributed by atoms with Crippen LogP contribution in [0.1, 0.15) is 19.4 Å². The van der Waals surface area contributed by atoms with Gasteiger partial charge < -0.3 is 19.5 Å². The minimum absolute atomic E-state index is 0.450. The molecular weight excluding hydrogens is 426 g/mol. The SMILES string of the molecule is CCOc1ccccc1NC(=O)C(C)OC(=O)/C=C/c1cc(Br)ccc1OC. The van der Waals surface area contributed by atoms with E-state index in [9.17, 15) is 9.59 Å². The summed E-state index contributed by atoms with van der Waals surface area (Å²) in [6.45, 7) is 3.83. The molecule has 0 saturated heterocycles. The lowest BCUT2D eigenvalue weighted by molar-refractivity contribution is -0.148. The van der Waals surface area contributed by atoms with Gasteiger partial charge in [0.1, 0.15) is 11.5 Å². The average Bonchev–Trinajstić information content (AvgIpc) is 2.68. The van der Waals surface area contributed by atoms with Crippen LogP contribution >= 0.6 is 15.9 Å². The number of hydrogen-bond acceptors (Lipinski definition) is 5. The zero-order chi connectivity index (χ0) is 20.5. The van der Waals surface area contributed by atoms with Gasteiger partial charge in [-0.3, -0.25) is 4.79 Å². The summed E-state index contributed by atoms with van der Waals surface area (Å²) in [5, 5.41) is 2.71. The van der Waals surface area contributed by atoms with Crippen LogP contribution in [0, 0.1) is 0 Å². The van der Waals surface area contributed by atoms with E-state index >= 15 is 0 Å². The van der Waals surface area contributed by atoms with E-state index in [1.54, 1.807) is 37.5 Å². The highest BCUT2D eigenvalue weighted by Crippen LogP contribution is 2.25. The third-order valence-electron chi connectivity index (χ3n) is 3.70. The minimum Gasteiger partial charge on any atom is -0.496 e. The predicted octanol–water partition coefficient (Wildman–Crippen LogP) is 4.44. The second kappa shape index (κ2) is 10.5. The molecule has 0 fully saturated rings. The number of ether oxygens (including phenoxy) is 3. The van der Waals surface area contributed by atoms with Crippen molar-refractivity contribution < 1.29 is 23.8 Å². The van der Waals surface area contributed by atoms with E-state index in [0.29, 0.717) is 29.4 Å². The Labute approximate surface area is 172 Å². The number of amides is 1. The number of esters is 1. The summed E-state index contributed by atoms with van der Waals surface area (Å²) in [6.07, 6.45) is 1.85. The van der Waals surface area contributed by atoms with Crippen molar-refractivity contribution in [1.29, 1.82) is 0 Å². The smallest absolute Gasteiger partial charge is 0.331 e. The van der Waals surface area contributed by atoms with E-state index in [2.05, 4.69) is 21.2 Å². The molecule has 1 unspecified atom stereocenters. The molecule has 7 heteroatoms. The molecule has 0 radical (unpaired) electrons. The Hall–Kier alpha value is -2.80. The Bertz CT molecular complexity index is 866. The van der Waals surface area contributed by atoms with Gasteiger partial charge in [-0.1, -0.05) is 28.1 Å². The highest BCUT2D eigenvalue weighted by Gasteiger charge is 2.18.